The van der Waals surface area contributed by atoms with Gasteiger partial charge >= 0.3 is 5.97 Å². The molecule has 0 spiro atoms. The van der Waals surface area contributed by atoms with E-state index in [-0.39, 0.29) is 5.97 Å². The summed E-state index contributed by atoms with van der Waals surface area (Å²) in [6.45, 7) is 6.40. The molecule has 2 atom stereocenters. The first-order valence-corrected chi connectivity index (χ1v) is 7.06. The molecule has 3 nitrogen and oxygen atoms in total. The van der Waals surface area contributed by atoms with Crippen molar-refractivity contribution in [1.82, 2.24) is 4.90 Å². The van der Waals surface area contributed by atoms with E-state index in [9.17, 15) is 4.79 Å². The van der Waals surface area contributed by atoms with Gasteiger partial charge in [-0.1, -0.05) is 37.3 Å². The predicted octanol–water partition coefficient (Wildman–Crippen LogP) is 2.46. The van der Waals surface area contributed by atoms with Crippen molar-refractivity contribution in [2.75, 3.05) is 26.7 Å². The van der Waals surface area contributed by atoms with Crippen LogP contribution in [0.1, 0.15) is 25.8 Å². The number of hydrogen-bond acceptors (Lipinski definition) is 3. The summed E-state index contributed by atoms with van der Waals surface area (Å²) >= 11 is 0. The number of carbonyl (C=O) groups is 1. The van der Waals surface area contributed by atoms with Crippen molar-refractivity contribution in [3.63, 3.8) is 0 Å². The summed E-state index contributed by atoms with van der Waals surface area (Å²) in [4.78, 5) is 14.6. The first-order chi connectivity index (χ1) is 9.15. The maximum Gasteiger partial charge on any atom is 0.316 e. The standard InChI is InChI=1S/C16H23NO2/c1-4-17(3)12-14-11-16(14,15(18)19-5-2)13-9-7-6-8-10-13/h6-10,14H,4-5,11-12H2,1-3H3. The van der Waals surface area contributed by atoms with Gasteiger partial charge in [-0.3, -0.25) is 4.79 Å². The van der Waals surface area contributed by atoms with Crippen molar-refractivity contribution in [1.29, 1.82) is 0 Å². The van der Waals surface area contributed by atoms with Gasteiger partial charge in [0, 0.05) is 6.54 Å². The van der Waals surface area contributed by atoms with Crippen LogP contribution in [-0.2, 0) is 14.9 Å². The lowest BCUT2D eigenvalue weighted by Gasteiger charge is -2.19. The van der Waals surface area contributed by atoms with Gasteiger partial charge < -0.3 is 9.64 Å². The van der Waals surface area contributed by atoms with Crippen LogP contribution >= 0.6 is 0 Å². The maximum atomic E-state index is 12.4. The molecule has 1 aromatic rings. The topological polar surface area (TPSA) is 29.5 Å². The summed E-state index contributed by atoms with van der Waals surface area (Å²) < 4.78 is 5.31. The zero-order chi connectivity index (χ0) is 13.9. The second-order valence-corrected chi connectivity index (χ2v) is 5.31. The van der Waals surface area contributed by atoms with E-state index in [2.05, 4.69) is 18.9 Å². The van der Waals surface area contributed by atoms with Crippen molar-refractivity contribution in [2.24, 2.45) is 5.92 Å². The van der Waals surface area contributed by atoms with Crippen LogP contribution < -0.4 is 0 Å². The van der Waals surface area contributed by atoms with Gasteiger partial charge in [0.25, 0.3) is 0 Å². The third-order valence-electron chi connectivity index (χ3n) is 4.11. The van der Waals surface area contributed by atoms with Gasteiger partial charge in [-0.2, -0.15) is 0 Å². The molecule has 1 saturated carbocycles. The molecule has 2 rings (SSSR count). The molecule has 0 aromatic heterocycles. The fraction of sp³-hybridized carbons (Fsp3) is 0.562. The van der Waals surface area contributed by atoms with Crippen molar-refractivity contribution in [2.45, 2.75) is 25.7 Å². The molecule has 0 heterocycles. The Morgan fingerprint density at radius 1 is 1.37 bits per heavy atom. The quantitative estimate of drug-likeness (QED) is 0.737. The van der Waals surface area contributed by atoms with Crippen LogP contribution in [0.2, 0.25) is 0 Å². The van der Waals surface area contributed by atoms with Crippen LogP contribution in [0.4, 0.5) is 0 Å². The Morgan fingerprint density at radius 3 is 2.63 bits per heavy atom. The third kappa shape index (κ3) is 2.66. The van der Waals surface area contributed by atoms with Gasteiger partial charge in [0.15, 0.2) is 0 Å². The van der Waals surface area contributed by atoms with E-state index in [0.29, 0.717) is 12.5 Å². The van der Waals surface area contributed by atoms with Crippen LogP contribution in [0.25, 0.3) is 0 Å². The van der Waals surface area contributed by atoms with E-state index >= 15 is 0 Å². The molecular formula is C16H23NO2. The van der Waals surface area contributed by atoms with Crippen LogP contribution in [0.3, 0.4) is 0 Å². The van der Waals surface area contributed by atoms with Crippen molar-refractivity contribution in [3.05, 3.63) is 35.9 Å². The highest BCUT2D eigenvalue weighted by atomic mass is 16.5. The smallest absolute Gasteiger partial charge is 0.316 e. The lowest BCUT2D eigenvalue weighted by Crippen LogP contribution is -2.30. The summed E-state index contributed by atoms with van der Waals surface area (Å²) in [5.74, 6) is 0.314. The van der Waals surface area contributed by atoms with Gasteiger partial charge in [0.2, 0.25) is 0 Å². The Bertz CT molecular complexity index is 432. The Kier molecular flexibility index (Phi) is 4.25. The van der Waals surface area contributed by atoms with Crippen LogP contribution in [0.15, 0.2) is 30.3 Å². The number of ether oxygens (including phenoxy) is 1. The average molecular weight is 261 g/mol. The molecule has 1 fully saturated rings. The molecule has 1 aliphatic carbocycles. The fourth-order valence-corrected chi connectivity index (χ4v) is 2.77. The average Bonchev–Trinajstić information content (AvgIpc) is 3.15. The first kappa shape index (κ1) is 14.1. The SMILES string of the molecule is CCOC(=O)C1(c2ccccc2)CC1CN(C)CC. The Morgan fingerprint density at radius 2 is 2.05 bits per heavy atom. The molecule has 0 saturated heterocycles. The number of nitrogens with zero attached hydrogens (tertiary/aromatic N) is 1. The van der Waals surface area contributed by atoms with Gasteiger partial charge in [-0.15, -0.1) is 0 Å². The largest absolute Gasteiger partial charge is 0.465 e. The first-order valence-electron chi connectivity index (χ1n) is 7.06. The van der Waals surface area contributed by atoms with E-state index in [1.165, 1.54) is 0 Å². The van der Waals surface area contributed by atoms with Crippen LogP contribution in [-0.4, -0.2) is 37.6 Å². The van der Waals surface area contributed by atoms with Crippen molar-refractivity contribution < 1.29 is 9.53 Å². The predicted molar refractivity (Wildman–Crippen MR) is 76.0 cm³/mol. The zero-order valence-electron chi connectivity index (χ0n) is 12.1. The van der Waals surface area contributed by atoms with E-state index in [1.54, 1.807) is 0 Å². The number of rotatable bonds is 6. The zero-order valence-corrected chi connectivity index (χ0v) is 12.1. The summed E-state index contributed by atoms with van der Waals surface area (Å²) in [7, 11) is 2.10. The monoisotopic (exact) mass is 261 g/mol. The van der Waals surface area contributed by atoms with E-state index < -0.39 is 5.41 Å². The van der Waals surface area contributed by atoms with E-state index in [0.717, 1.165) is 25.1 Å². The molecule has 1 aromatic carbocycles. The van der Waals surface area contributed by atoms with Crippen molar-refractivity contribution >= 4 is 5.97 Å². The minimum absolute atomic E-state index is 0.0595. The number of carbonyl (C=O) groups excluding carboxylic acids is 1. The lowest BCUT2D eigenvalue weighted by atomic mass is 9.93. The van der Waals surface area contributed by atoms with Gasteiger partial charge in [-0.25, -0.2) is 0 Å². The summed E-state index contributed by atoms with van der Waals surface area (Å²) in [5.41, 5.74) is 0.698. The molecule has 0 N–H and O–H groups in total. The molecule has 2 unspecified atom stereocenters. The fourth-order valence-electron chi connectivity index (χ4n) is 2.77. The Labute approximate surface area is 115 Å². The molecule has 3 heteroatoms. The summed E-state index contributed by atoms with van der Waals surface area (Å²) in [6, 6.07) is 10.1. The minimum atomic E-state index is -0.402. The molecule has 0 radical (unpaired) electrons. The maximum absolute atomic E-state index is 12.4. The molecule has 19 heavy (non-hydrogen) atoms. The highest BCUT2D eigenvalue weighted by Gasteiger charge is 2.62. The minimum Gasteiger partial charge on any atom is -0.465 e. The van der Waals surface area contributed by atoms with Crippen molar-refractivity contribution in [3.8, 4) is 0 Å². The van der Waals surface area contributed by atoms with Crippen LogP contribution in [0, 0.1) is 5.92 Å². The summed E-state index contributed by atoms with van der Waals surface area (Å²) in [5, 5.41) is 0. The van der Waals surface area contributed by atoms with E-state index in [4.69, 9.17) is 4.74 Å². The third-order valence-corrected chi connectivity index (χ3v) is 4.11. The van der Waals surface area contributed by atoms with Crippen LogP contribution in [0.5, 0.6) is 0 Å². The highest BCUT2D eigenvalue weighted by Crippen LogP contribution is 2.55. The highest BCUT2D eigenvalue weighted by molar-refractivity contribution is 5.87. The molecule has 0 amide bonds. The normalized spacial score (nSPS) is 25.4. The van der Waals surface area contributed by atoms with Gasteiger partial charge in [0.1, 0.15) is 0 Å². The number of esters is 1. The molecular weight excluding hydrogens is 238 g/mol. The summed E-state index contributed by atoms with van der Waals surface area (Å²) in [6.07, 6.45) is 0.903. The Balaban J connectivity index is 2.20. The molecule has 0 bridgehead atoms. The second kappa shape index (κ2) is 5.74. The number of hydrogen-bond donors (Lipinski definition) is 0. The lowest BCUT2D eigenvalue weighted by molar-refractivity contribution is -0.146. The number of benzene rings is 1. The molecule has 104 valence electrons. The molecule has 0 aliphatic heterocycles. The van der Waals surface area contributed by atoms with Gasteiger partial charge in [-0.05, 0) is 38.4 Å². The molecule has 1 aliphatic rings. The Hall–Kier alpha value is -1.35. The van der Waals surface area contributed by atoms with E-state index in [1.807, 2.05) is 37.3 Å². The van der Waals surface area contributed by atoms with Gasteiger partial charge in [0.05, 0.1) is 12.0 Å². The second-order valence-electron chi connectivity index (χ2n) is 5.31.